The highest BCUT2D eigenvalue weighted by atomic mass is 16.1. The van der Waals surface area contributed by atoms with Crippen LogP contribution in [0.1, 0.15) is 6.92 Å². The summed E-state index contributed by atoms with van der Waals surface area (Å²) in [5.41, 5.74) is 5.17. The number of amides is 1. The molecule has 0 atom stereocenters. The standard InChI is InChI=1S/C6H12N2O2/c1-6(10)4-8(5-9)3-2-7/h5H,2-4,7H2,1H3. The Hall–Kier alpha value is -0.900. The summed E-state index contributed by atoms with van der Waals surface area (Å²) < 4.78 is 0. The molecule has 4 nitrogen and oxygen atoms in total. The van der Waals surface area contributed by atoms with Gasteiger partial charge in [-0.2, -0.15) is 0 Å². The quantitative estimate of drug-likeness (QED) is 0.503. The number of nitrogens with zero attached hydrogens (tertiary/aromatic N) is 1. The molecule has 0 radical (unpaired) electrons. The van der Waals surface area contributed by atoms with E-state index in [2.05, 4.69) is 0 Å². The Morgan fingerprint density at radius 2 is 2.30 bits per heavy atom. The van der Waals surface area contributed by atoms with E-state index >= 15 is 0 Å². The van der Waals surface area contributed by atoms with Gasteiger partial charge in [0.1, 0.15) is 5.78 Å². The van der Waals surface area contributed by atoms with Crippen molar-refractivity contribution in [3.05, 3.63) is 0 Å². The van der Waals surface area contributed by atoms with Crippen LogP contribution in [0, 0.1) is 0 Å². The van der Waals surface area contributed by atoms with Crippen molar-refractivity contribution in [2.75, 3.05) is 19.6 Å². The minimum Gasteiger partial charge on any atom is -0.337 e. The van der Waals surface area contributed by atoms with Crippen LogP contribution >= 0.6 is 0 Å². The average Bonchev–Trinajstić information content (AvgIpc) is 1.86. The lowest BCUT2D eigenvalue weighted by molar-refractivity contribution is -0.125. The molecule has 0 saturated carbocycles. The molecule has 0 fully saturated rings. The molecule has 0 saturated heterocycles. The Kier molecular flexibility index (Phi) is 4.49. The van der Waals surface area contributed by atoms with Crippen LogP contribution in [0.2, 0.25) is 0 Å². The zero-order chi connectivity index (χ0) is 7.98. The van der Waals surface area contributed by atoms with Crippen molar-refractivity contribution in [2.45, 2.75) is 6.92 Å². The van der Waals surface area contributed by atoms with Gasteiger partial charge in [0.05, 0.1) is 6.54 Å². The first-order valence-corrected chi connectivity index (χ1v) is 3.09. The van der Waals surface area contributed by atoms with Gasteiger partial charge in [0.15, 0.2) is 0 Å². The summed E-state index contributed by atoms with van der Waals surface area (Å²) in [5, 5.41) is 0. The summed E-state index contributed by atoms with van der Waals surface area (Å²) in [5.74, 6) is -0.0273. The van der Waals surface area contributed by atoms with Crippen molar-refractivity contribution in [3.63, 3.8) is 0 Å². The number of nitrogens with two attached hydrogens (primary N) is 1. The van der Waals surface area contributed by atoms with Crippen LogP contribution in [0.4, 0.5) is 0 Å². The van der Waals surface area contributed by atoms with Crippen LogP contribution in [-0.4, -0.2) is 36.7 Å². The minimum absolute atomic E-state index is 0.0273. The largest absolute Gasteiger partial charge is 0.337 e. The maximum Gasteiger partial charge on any atom is 0.210 e. The number of carbonyl (C=O) groups excluding carboxylic acids is 2. The smallest absolute Gasteiger partial charge is 0.210 e. The van der Waals surface area contributed by atoms with Crippen LogP contribution in [0.15, 0.2) is 0 Å². The van der Waals surface area contributed by atoms with Gasteiger partial charge in [-0.3, -0.25) is 9.59 Å². The highest BCUT2D eigenvalue weighted by molar-refractivity contribution is 5.79. The molecule has 0 aromatic heterocycles. The van der Waals surface area contributed by atoms with Gasteiger partial charge in [-0.05, 0) is 6.92 Å². The predicted octanol–water partition coefficient (Wildman–Crippen LogP) is -1.01. The number of hydrogen-bond donors (Lipinski definition) is 1. The van der Waals surface area contributed by atoms with E-state index in [4.69, 9.17) is 5.73 Å². The van der Waals surface area contributed by atoms with Gasteiger partial charge < -0.3 is 10.6 Å². The first-order chi connectivity index (χ1) is 4.70. The van der Waals surface area contributed by atoms with Gasteiger partial charge in [0, 0.05) is 13.1 Å². The highest BCUT2D eigenvalue weighted by Gasteiger charge is 2.01. The molecule has 1 amide bonds. The van der Waals surface area contributed by atoms with Gasteiger partial charge in [-0.1, -0.05) is 0 Å². The Labute approximate surface area is 60.0 Å². The lowest BCUT2D eigenvalue weighted by Crippen LogP contribution is -2.32. The van der Waals surface area contributed by atoms with Gasteiger partial charge in [-0.15, -0.1) is 0 Å². The normalized spacial score (nSPS) is 9.00. The van der Waals surface area contributed by atoms with Crippen molar-refractivity contribution >= 4 is 12.2 Å². The van der Waals surface area contributed by atoms with Crippen molar-refractivity contribution in [3.8, 4) is 0 Å². The Balaban J connectivity index is 3.59. The predicted molar refractivity (Wildman–Crippen MR) is 37.4 cm³/mol. The summed E-state index contributed by atoms with van der Waals surface area (Å²) in [6, 6.07) is 0. The monoisotopic (exact) mass is 144 g/mol. The second-order valence-electron chi connectivity index (χ2n) is 2.07. The van der Waals surface area contributed by atoms with E-state index in [9.17, 15) is 9.59 Å². The summed E-state index contributed by atoms with van der Waals surface area (Å²) in [7, 11) is 0. The van der Waals surface area contributed by atoms with Crippen molar-refractivity contribution in [1.82, 2.24) is 4.90 Å². The highest BCUT2D eigenvalue weighted by Crippen LogP contribution is 1.80. The van der Waals surface area contributed by atoms with Crippen molar-refractivity contribution in [2.24, 2.45) is 5.73 Å². The van der Waals surface area contributed by atoms with Gasteiger partial charge in [-0.25, -0.2) is 0 Å². The average molecular weight is 144 g/mol. The number of ketones is 1. The van der Waals surface area contributed by atoms with E-state index < -0.39 is 0 Å². The molecule has 0 aromatic carbocycles. The fraction of sp³-hybridized carbons (Fsp3) is 0.667. The summed E-state index contributed by atoms with van der Waals surface area (Å²) >= 11 is 0. The van der Waals surface area contributed by atoms with E-state index in [-0.39, 0.29) is 12.3 Å². The molecule has 10 heavy (non-hydrogen) atoms. The molecule has 0 bridgehead atoms. The topological polar surface area (TPSA) is 63.4 Å². The number of carbonyl (C=O) groups is 2. The summed E-state index contributed by atoms with van der Waals surface area (Å²) in [6.07, 6.45) is 0.633. The molecule has 4 heteroatoms. The molecule has 0 unspecified atom stereocenters. The summed E-state index contributed by atoms with van der Waals surface area (Å²) in [6.45, 7) is 2.45. The van der Waals surface area contributed by atoms with Gasteiger partial charge in [0.2, 0.25) is 6.41 Å². The molecule has 0 rings (SSSR count). The summed E-state index contributed by atoms with van der Waals surface area (Å²) in [4.78, 5) is 21.9. The molecule has 0 heterocycles. The Bertz CT molecular complexity index is 125. The van der Waals surface area contributed by atoms with Crippen molar-refractivity contribution < 1.29 is 9.59 Å². The van der Waals surface area contributed by atoms with E-state index in [1.807, 2.05) is 0 Å². The lowest BCUT2D eigenvalue weighted by atomic mass is 10.4. The molecular weight excluding hydrogens is 132 g/mol. The Morgan fingerprint density at radius 3 is 2.60 bits per heavy atom. The molecule has 0 aliphatic rings. The molecule has 58 valence electrons. The second-order valence-corrected chi connectivity index (χ2v) is 2.07. The minimum atomic E-state index is -0.0273. The van der Waals surface area contributed by atoms with Gasteiger partial charge >= 0.3 is 0 Å². The Morgan fingerprint density at radius 1 is 1.70 bits per heavy atom. The first-order valence-electron chi connectivity index (χ1n) is 3.09. The number of rotatable bonds is 5. The molecule has 2 N–H and O–H groups in total. The SMILES string of the molecule is CC(=O)CN(C=O)CCN. The second kappa shape index (κ2) is 4.93. The number of Topliss-reactive ketones (excluding diaryl/α,β-unsaturated/α-hetero) is 1. The maximum atomic E-state index is 10.4. The number of hydrogen-bond acceptors (Lipinski definition) is 3. The third-order valence-electron chi connectivity index (χ3n) is 0.991. The third kappa shape index (κ3) is 4.03. The zero-order valence-electron chi connectivity index (χ0n) is 6.04. The van der Waals surface area contributed by atoms with E-state index in [1.54, 1.807) is 0 Å². The molecular formula is C6H12N2O2. The molecule has 0 aliphatic heterocycles. The van der Waals surface area contributed by atoms with Crippen molar-refractivity contribution in [1.29, 1.82) is 0 Å². The van der Waals surface area contributed by atoms with E-state index in [0.717, 1.165) is 0 Å². The van der Waals surface area contributed by atoms with Crippen LogP contribution in [0.5, 0.6) is 0 Å². The fourth-order valence-electron chi connectivity index (χ4n) is 0.621. The zero-order valence-corrected chi connectivity index (χ0v) is 6.04. The van der Waals surface area contributed by atoms with E-state index in [1.165, 1.54) is 11.8 Å². The first kappa shape index (κ1) is 9.10. The maximum absolute atomic E-state index is 10.4. The lowest BCUT2D eigenvalue weighted by Gasteiger charge is -2.12. The van der Waals surface area contributed by atoms with Crippen LogP contribution in [0.25, 0.3) is 0 Å². The molecule has 0 aromatic rings. The third-order valence-corrected chi connectivity index (χ3v) is 0.991. The molecule has 0 spiro atoms. The van der Waals surface area contributed by atoms with Crippen LogP contribution < -0.4 is 5.73 Å². The van der Waals surface area contributed by atoms with Gasteiger partial charge in [0.25, 0.3) is 0 Å². The molecule has 0 aliphatic carbocycles. The van der Waals surface area contributed by atoms with Crippen LogP contribution in [-0.2, 0) is 9.59 Å². The van der Waals surface area contributed by atoms with E-state index in [0.29, 0.717) is 19.5 Å². The fourth-order valence-corrected chi connectivity index (χ4v) is 0.621. The van der Waals surface area contributed by atoms with Crippen LogP contribution in [0.3, 0.4) is 0 Å².